The highest BCUT2D eigenvalue weighted by atomic mass is 35.5. The summed E-state index contributed by atoms with van der Waals surface area (Å²) >= 11 is 7.78. The van der Waals surface area contributed by atoms with E-state index in [1.807, 2.05) is 31.2 Å². The van der Waals surface area contributed by atoms with Crippen LogP contribution in [-0.4, -0.2) is 30.6 Å². The van der Waals surface area contributed by atoms with Crippen LogP contribution in [0.25, 0.3) is 0 Å². The van der Waals surface area contributed by atoms with Crippen LogP contribution in [0.15, 0.2) is 34.6 Å². The van der Waals surface area contributed by atoms with Crippen LogP contribution in [0, 0.1) is 0 Å². The number of hydrogen-bond donors (Lipinski definition) is 2. The van der Waals surface area contributed by atoms with Crippen molar-refractivity contribution in [3.8, 4) is 5.75 Å². The van der Waals surface area contributed by atoms with Crippen molar-refractivity contribution in [2.45, 2.75) is 39.3 Å². The van der Waals surface area contributed by atoms with E-state index in [2.05, 4.69) is 39.8 Å². The minimum Gasteiger partial charge on any atom is -0.487 e. The number of rotatable bonds is 7. The molecule has 1 heterocycles. The normalized spacial score (nSPS) is 13.0. The number of nitrogens with zero attached hydrogens (tertiary/aromatic N) is 2. The van der Waals surface area contributed by atoms with Gasteiger partial charge in [0.1, 0.15) is 16.9 Å². The highest BCUT2D eigenvalue weighted by Gasteiger charge is 2.09. The maximum atomic E-state index is 6.11. The summed E-state index contributed by atoms with van der Waals surface area (Å²) in [5.74, 6) is 1.85. The van der Waals surface area contributed by atoms with Gasteiger partial charge in [-0.15, -0.1) is 11.3 Å². The van der Waals surface area contributed by atoms with Crippen LogP contribution in [0.3, 0.4) is 0 Å². The fraction of sp³-hybridized carbons (Fsp3) is 0.444. The van der Waals surface area contributed by atoms with Crippen molar-refractivity contribution < 1.29 is 4.74 Å². The van der Waals surface area contributed by atoms with Gasteiger partial charge in [-0.25, -0.2) is 4.98 Å². The lowest BCUT2D eigenvalue weighted by Gasteiger charge is -2.18. The molecule has 2 N–H and O–H groups in total. The summed E-state index contributed by atoms with van der Waals surface area (Å²) in [6.07, 6.45) is -0.0501. The van der Waals surface area contributed by atoms with E-state index >= 15 is 0 Å². The Bertz CT molecular complexity index is 702. The van der Waals surface area contributed by atoms with Crippen LogP contribution >= 0.6 is 22.9 Å². The van der Waals surface area contributed by atoms with Gasteiger partial charge >= 0.3 is 0 Å². The molecule has 0 amide bonds. The molecular formula is C18H25ClN4OS. The molecule has 0 bridgehead atoms. The third-order valence-electron chi connectivity index (χ3n) is 3.51. The number of aliphatic imine (C=N–C) groups is 1. The van der Waals surface area contributed by atoms with Gasteiger partial charge in [0.2, 0.25) is 0 Å². The number of guanidine groups is 1. The van der Waals surface area contributed by atoms with Gasteiger partial charge in [-0.05, 0) is 25.0 Å². The Kier molecular flexibility index (Phi) is 7.52. The molecule has 0 saturated carbocycles. The number of halogens is 1. The van der Waals surface area contributed by atoms with Crippen molar-refractivity contribution >= 4 is 28.9 Å². The van der Waals surface area contributed by atoms with E-state index in [1.165, 1.54) is 0 Å². The molecule has 1 aromatic heterocycles. The van der Waals surface area contributed by atoms with Crippen molar-refractivity contribution in [3.63, 3.8) is 0 Å². The molecule has 1 aromatic carbocycles. The molecule has 5 nitrogen and oxygen atoms in total. The summed E-state index contributed by atoms with van der Waals surface area (Å²) < 4.78 is 5.84. The van der Waals surface area contributed by atoms with Crippen LogP contribution in [0.4, 0.5) is 0 Å². The Morgan fingerprint density at radius 1 is 1.28 bits per heavy atom. The molecule has 0 aliphatic rings. The van der Waals surface area contributed by atoms with E-state index < -0.39 is 0 Å². The average Bonchev–Trinajstić information content (AvgIpc) is 3.06. The van der Waals surface area contributed by atoms with E-state index in [1.54, 1.807) is 18.4 Å². The number of aromatic nitrogens is 1. The van der Waals surface area contributed by atoms with Crippen LogP contribution in [-0.2, 0) is 6.54 Å². The first-order chi connectivity index (χ1) is 12.0. The first kappa shape index (κ1) is 19.5. The summed E-state index contributed by atoms with van der Waals surface area (Å²) in [5, 5.41) is 10.3. The van der Waals surface area contributed by atoms with Crippen LogP contribution < -0.4 is 15.4 Å². The monoisotopic (exact) mass is 380 g/mol. The second kappa shape index (κ2) is 9.63. The van der Waals surface area contributed by atoms with E-state index in [-0.39, 0.29) is 6.10 Å². The van der Waals surface area contributed by atoms with Crippen LogP contribution in [0.5, 0.6) is 5.75 Å². The Balaban J connectivity index is 1.78. The number of nitrogens with one attached hydrogen (secondary N) is 2. The van der Waals surface area contributed by atoms with Gasteiger partial charge in [0.05, 0.1) is 23.8 Å². The molecule has 1 atom stereocenters. The maximum Gasteiger partial charge on any atom is 0.191 e. The number of hydrogen-bond acceptors (Lipinski definition) is 4. The third-order valence-corrected chi connectivity index (χ3v) is 4.69. The van der Waals surface area contributed by atoms with Gasteiger partial charge in [0.25, 0.3) is 0 Å². The van der Waals surface area contributed by atoms with Gasteiger partial charge in [-0.1, -0.05) is 37.6 Å². The molecule has 0 saturated heterocycles. The predicted octanol–water partition coefficient (Wildman–Crippen LogP) is 4.05. The molecule has 0 aliphatic heterocycles. The Hall–Kier alpha value is -1.79. The van der Waals surface area contributed by atoms with Crippen molar-refractivity contribution in [1.29, 1.82) is 0 Å². The van der Waals surface area contributed by atoms with Crippen molar-refractivity contribution in [2.75, 3.05) is 13.6 Å². The largest absolute Gasteiger partial charge is 0.487 e. The summed E-state index contributed by atoms with van der Waals surface area (Å²) in [6.45, 7) is 7.54. The fourth-order valence-electron chi connectivity index (χ4n) is 2.09. The summed E-state index contributed by atoms with van der Waals surface area (Å²) in [5.41, 5.74) is 1.13. The van der Waals surface area contributed by atoms with Gasteiger partial charge in [0.15, 0.2) is 5.96 Å². The molecule has 2 aromatic rings. The first-order valence-electron chi connectivity index (χ1n) is 8.29. The molecule has 0 radical (unpaired) electrons. The lowest BCUT2D eigenvalue weighted by atomic mass is 10.2. The first-order valence-corrected chi connectivity index (χ1v) is 9.55. The summed E-state index contributed by atoms with van der Waals surface area (Å²) in [4.78, 5) is 8.84. The standard InChI is InChI=1S/C18H25ClN4OS/c1-12(2)15-11-25-17(23-15)10-22-18(20-4)21-9-13(3)24-16-8-6-5-7-14(16)19/h5-8,11-13H,9-10H2,1-4H3,(H2,20,21,22). The van der Waals surface area contributed by atoms with E-state index in [9.17, 15) is 0 Å². The second-order valence-electron chi connectivity index (χ2n) is 5.99. The van der Waals surface area contributed by atoms with Gasteiger partial charge in [-0.2, -0.15) is 0 Å². The maximum absolute atomic E-state index is 6.11. The highest BCUT2D eigenvalue weighted by molar-refractivity contribution is 7.09. The van der Waals surface area contributed by atoms with Crippen molar-refractivity contribution in [3.05, 3.63) is 45.4 Å². The zero-order valence-corrected chi connectivity index (χ0v) is 16.6. The van der Waals surface area contributed by atoms with Crippen molar-refractivity contribution in [1.82, 2.24) is 15.6 Å². The zero-order valence-electron chi connectivity index (χ0n) is 15.0. The number of para-hydroxylation sites is 1. The van der Waals surface area contributed by atoms with Crippen LogP contribution in [0.1, 0.15) is 37.4 Å². The molecular weight excluding hydrogens is 356 g/mol. The smallest absolute Gasteiger partial charge is 0.191 e. The number of benzene rings is 1. The van der Waals surface area contributed by atoms with Crippen molar-refractivity contribution in [2.24, 2.45) is 4.99 Å². The Labute approximate surface area is 158 Å². The predicted molar refractivity (Wildman–Crippen MR) is 106 cm³/mol. The third kappa shape index (κ3) is 6.21. The summed E-state index contributed by atoms with van der Waals surface area (Å²) in [6, 6.07) is 7.46. The molecule has 1 unspecified atom stereocenters. The summed E-state index contributed by atoms with van der Waals surface area (Å²) in [7, 11) is 1.75. The quantitative estimate of drug-likeness (QED) is 0.562. The lowest BCUT2D eigenvalue weighted by Crippen LogP contribution is -2.41. The minimum absolute atomic E-state index is 0.0501. The van der Waals surface area contributed by atoms with Gasteiger partial charge < -0.3 is 15.4 Å². The molecule has 7 heteroatoms. The van der Waals surface area contributed by atoms with E-state index in [4.69, 9.17) is 16.3 Å². The fourth-order valence-corrected chi connectivity index (χ4v) is 3.17. The molecule has 25 heavy (non-hydrogen) atoms. The molecule has 136 valence electrons. The average molecular weight is 381 g/mol. The molecule has 2 rings (SSSR count). The minimum atomic E-state index is -0.0501. The van der Waals surface area contributed by atoms with Gasteiger partial charge in [0, 0.05) is 12.4 Å². The van der Waals surface area contributed by atoms with Crippen LogP contribution in [0.2, 0.25) is 5.02 Å². The van der Waals surface area contributed by atoms with E-state index in [0.717, 1.165) is 16.7 Å². The number of ether oxygens (including phenoxy) is 1. The van der Waals surface area contributed by atoms with E-state index in [0.29, 0.717) is 29.8 Å². The molecule has 0 fully saturated rings. The highest BCUT2D eigenvalue weighted by Crippen LogP contribution is 2.24. The second-order valence-corrected chi connectivity index (χ2v) is 7.34. The van der Waals surface area contributed by atoms with Gasteiger partial charge in [-0.3, -0.25) is 4.99 Å². The Morgan fingerprint density at radius 2 is 2.04 bits per heavy atom. The molecule has 0 spiro atoms. The topological polar surface area (TPSA) is 58.5 Å². The molecule has 0 aliphatic carbocycles. The SMILES string of the molecule is CN=C(NCc1nc(C(C)C)cs1)NCC(C)Oc1ccccc1Cl. The number of thiazole rings is 1. The lowest BCUT2D eigenvalue weighted by molar-refractivity contribution is 0.224. The Morgan fingerprint density at radius 3 is 2.68 bits per heavy atom. The zero-order chi connectivity index (χ0) is 18.2.